The largest absolute Gasteiger partial charge is 0.388 e. The van der Waals surface area contributed by atoms with Crippen molar-refractivity contribution in [3.8, 4) is 0 Å². The molecule has 2 aliphatic rings. The maximum atomic E-state index is 12.0. The van der Waals surface area contributed by atoms with Crippen LogP contribution in [0.2, 0.25) is 0 Å². The van der Waals surface area contributed by atoms with E-state index in [4.69, 9.17) is 15.4 Å². The lowest BCUT2D eigenvalue weighted by Crippen LogP contribution is -2.27. The van der Waals surface area contributed by atoms with Gasteiger partial charge in [0, 0.05) is 18.3 Å². The Labute approximate surface area is 310 Å². The molecule has 2 fully saturated rings. The molecule has 1 amide bonds. The fourth-order valence-corrected chi connectivity index (χ4v) is 6.46. The molecule has 0 spiro atoms. The zero-order valence-corrected chi connectivity index (χ0v) is 31.1. The van der Waals surface area contributed by atoms with E-state index in [0.717, 1.165) is 62.3 Å². The number of aromatic nitrogens is 10. The van der Waals surface area contributed by atoms with Gasteiger partial charge in [-0.1, -0.05) is 80.7 Å². The number of carbonyl (C=O) groups excluding carboxylic acids is 1. The molecule has 4 aromatic heterocycles. The van der Waals surface area contributed by atoms with Gasteiger partial charge in [-0.25, -0.2) is 9.97 Å². The minimum Gasteiger partial charge on any atom is -0.388 e. The van der Waals surface area contributed by atoms with Crippen molar-refractivity contribution in [1.29, 1.82) is 0 Å². The second kappa shape index (κ2) is 20.6. The summed E-state index contributed by atoms with van der Waals surface area (Å²) in [5.41, 5.74) is 7.11. The van der Waals surface area contributed by atoms with Gasteiger partial charge in [0.15, 0.2) is 36.5 Å². The fraction of sp³-hybridized carbons (Fsp3) is 0.583. The average Bonchev–Trinajstić information content (AvgIpc) is 3.80. The molecule has 284 valence electrons. The van der Waals surface area contributed by atoms with Gasteiger partial charge >= 0.3 is 0 Å². The highest BCUT2D eigenvalue weighted by molar-refractivity contribution is 5.89. The first-order chi connectivity index (χ1) is 25.9. The molecule has 0 saturated heterocycles. The van der Waals surface area contributed by atoms with E-state index in [1.165, 1.54) is 38.5 Å². The lowest BCUT2D eigenvalue weighted by atomic mass is 9.88. The summed E-state index contributed by atoms with van der Waals surface area (Å²) < 4.78 is 3.33. The Morgan fingerprint density at radius 2 is 1.30 bits per heavy atom. The molecule has 2 aliphatic carbocycles. The molecule has 0 atom stereocenters. The molecule has 0 aromatic carbocycles. The molecule has 0 aliphatic heterocycles. The van der Waals surface area contributed by atoms with Crippen molar-refractivity contribution < 1.29 is 14.5 Å². The highest BCUT2D eigenvalue weighted by Gasteiger charge is 2.25. The molecule has 4 heterocycles. The number of nitrogen functional groups attached to an aromatic ring is 1. The number of nitrogens with one attached hydrogen (secondary N) is 1. The molecule has 2 saturated carbocycles. The number of nitrogens with two attached hydrogens (primary N) is 1. The zero-order chi connectivity index (χ0) is 37.3. The van der Waals surface area contributed by atoms with Crippen LogP contribution in [0.4, 0.5) is 11.6 Å². The molecule has 17 heteroatoms. The molecule has 0 unspecified atom stereocenters. The van der Waals surface area contributed by atoms with Crippen LogP contribution in [-0.2, 0) is 27.7 Å². The number of rotatable bonds is 13. The summed E-state index contributed by atoms with van der Waals surface area (Å²) in [6.07, 6.45) is 15.1. The zero-order valence-electron chi connectivity index (χ0n) is 31.1. The number of oxime groups is 2. The van der Waals surface area contributed by atoms with Crippen LogP contribution in [0.1, 0.15) is 120 Å². The quantitative estimate of drug-likeness (QED) is 0.0727. The third kappa shape index (κ3) is 12.1. The summed E-state index contributed by atoms with van der Waals surface area (Å²) in [6.45, 7) is 6.30. The summed E-state index contributed by atoms with van der Waals surface area (Å²) in [7, 11) is 0. The van der Waals surface area contributed by atoms with E-state index >= 15 is 0 Å². The van der Waals surface area contributed by atoms with Gasteiger partial charge in [0.25, 0.3) is 0 Å². The summed E-state index contributed by atoms with van der Waals surface area (Å²) in [4.78, 5) is 31.8. The van der Waals surface area contributed by atoms with E-state index in [1.807, 2.05) is 38.1 Å². The Morgan fingerprint density at radius 1 is 0.774 bits per heavy atom. The number of anilines is 2. The van der Waals surface area contributed by atoms with Gasteiger partial charge in [-0.05, 0) is 91.1 Å². The van der Waals surface area contributed by atoms with Gasteiger partial charge in [0.2, 0.25) is 5.91 Å². The normalized spacial score (nSPS) is 15.8. The summed E-state index contributed by atoms with van der Waals surface area (Å²) >= 11 is 0. The van der Waals surface area contributed by atoms with E-state index in [9.17, 15) is 4.79 Å². The molecule has 17 nitrogen and oxygen atoms in total. The molecular formula is C36H52N14O3. The van der Waals surface area contributed by atoms with Crippen LogP contribution in [0.5, 0.6) is 0 Å². The molecule has 53 heavy (non-hydrogen) atoms. The first-order valence-corrected chi connectivity index (χ1v) is 18.8. The molecule has 4 aromatic rings. The summed E-state index contributed by atoms with van der Waals surface area (Å²) in [5.74, 6) is 4.51. The molecule has 3 N–H and O–H groups in total. The Balaban J connectivity index is 0.000000211. The first kappa shape index (κ1) is 38.9. The smallest absolute Gasteiger partial charge is 0.225 e. The van der Waals surface area contributed by atoms with Gasteiger partial charge in [0.05, 0.1) is 11.4 Å². The third-order valence-corrected chi connectivity index (χ3v) is 9.28. The van der Waals surface area contributed by atoms with Crippen molar-refractivity contribution in [2.24, 2.45) is 22.1 Å². The number of unbranched alkanes of at least 4 members (excludes halogenated alkanes) is 2. The van der Waals surface area contributed by atoms with Crippen molar-refractivity contribution in [3.05, 3.63) is 59.4 Å². The lowest BCUT2D eigenvalue weighted by Gasteiger charge is -2.22. The fourth-order valence-electron chi connectivity index (χ4n) is 6.46. The second-order valence-electron chi connectivity index (χ2n) is 13.5. The molecule has 0 bridgehead atoms. The van der Waals surface area contributed by atoms with E-state index in [0.29, 0.717) is 41.3 Å². The van der Waals surface area contributed by atoms with E-state index in [1.54, 1.807) is 21.5 Å². The first-order valence-electron chi connectivity index (χ1n) is 18.8. The Bertz CT molecular complexity index is 1780. The Hall–Kier alpha value is -5.35. The summed E-state index contributed by atoms with van der Waals surface area (Å²) in [5, 5.41) is 35.1. The highest BCUT2D eigenvalue weighted by atomic mass is 16.6. The molecule has 0 radical (unpaired) electrons. The number of pyridine rings is 2. The van der Waals surface area contributed by atoms with Crippen molar-refractivity contribution in [2.45, 2.75) is 124 Å². The van der Waals surface area contributed by atoms with Gasteiger partial charge in [-0.2, -0.15) is 9.36 Å². The van der Waals surface area contributed by atoms with Gasteiger partial charge in [-0.3, -0.25) is 4.79 Å². The number of carbonyl (C=O) groups is 1. The van der Waals surface area contributed by atoms with Crippen LogP contribution < -0.4 is 11.1 Å². The van der Waals surface area contributed by atoms with E-state index in [2.05, 4.69) is 63.6 Å². The Morgan fingerprint density at radius 3 is 1.79 bits per heavy atom. The predicted molar refractivity (Wildman–Crippen MR) is 199 cm³/mol. The van der Waals surface area contributed by atoms with Gasteiger partial charge in [0.1, 0.15) is 11.6 Å². The summed E-state index contributed by atoms with van der Waals surface area (Å²) in [6, 6.07) is 10.9. The van der Waals surface area contributed by atoms with Gasteiger partial charge < -0.3 is 20.7 Å². The maximum Gasteiger partial charge on any atom is 0.225 e. The van der Waals surface area contributed by atoms with Crippen LogP contribution in [0.15, 0.2) is 46.7 Å². The second-order valence-corrected chi connectivity index (χ2v) is 13.5. The average molecular weight is 729 g/mol. The number of amides is 1. The van der Waals surface area contributed by atoms with Crippen LogP contribution >= 0.6 is 0 Å². The number of hydrogen-bond donors (Lipinski definition) is 2. The van der Waals surface area contributed by atoms with Crippen molar-refractivity contribution in [3.63, 3.8) is 0 Å². The lowest BCUT2D eigenvalue weighted by molar-refractivity contribution is -0.116. The maximum absolute atomic E-state index is 12.0. The number of aryl methyl sites for hydroxylation is 2. The van der Waals surface area contributed by atoms with E-state index < -0.39 is 0 Å². The minimum atomic E-state index is -0.0132. The minimum absolute atomic E-state index is 0.0132. The predicted octanol–water partition coefficient (Wildman–Crippen LogP) is 5.77. The molecular weight excluding hydrogens is 676 g/mol. The highest BCUT2D eigenvalue weighted by Crippen LogP contribution is 2.27. The standard InChI is InChI=1S/C21H31N7O2.C15H21N7O/c1-3-4-6-14-20(29)23-19-13-9-12-18(22-19)15-30-25-21(17-10-7-5-8-11-17)28-16(2)24-26-27-28;1-11-18-20-21-22(11)15(12-6-3-2-4-7-12)19-23-10-13-8-5-9-14(16)17-13/h9,12-13,17H,3-8,10-11,14-15H2,1-2H3,(H,22,23,29);5,8-9,12H,2-4,6-7,10H2,1H3,(H2,16,17)/b25-21+;19-15+. The molecule has 6 rings (SSSR count). The third-order valence-electron chi connectivity index (χ3n) is 9.28. The van der Waals surface area contributed by atoms with Crippen molar-refractivity contribution in [1.82, 2.24) is 50.4 Å². The van der Waals surface area contributed by atoms with Crippen LogP contribution in [0.3, 0.4) is 0 Å². The van der Waals surface area contributed by atoms with E-state index in [-0.39, 0.29) is 25.0 Å². The Kier molecular flexibility index (Phi) is 15.1. The number of tetrazole rings is 2. The van der Waals surface area contributed by atoms with Crippen molar-refractivity contribution >= 4 is 29.2 Å². The van der Waals surface area contributed by atoms with Crippen LogP contribution in [0, 0.1) is 25.7 Å². The van der Waals surface area contributed by atoms with Crippen LogP contribution in [-0.4, -0.2) is 68.0 Å². The van der Waals surface area contributed by atoms with Crippen molar-refractivity contribution in [2.75, 3.05) is 11.1 Å². The topological polar surface area (TPSA) is 211 Å². The monoisotopic (exact) mass is 728 g/mol. The van der Waals surface area contributed by atoms with Crippen LogP contribution in [0.25, 0.3) is 0 Å². The van der Waals surface area contributed by atoms with Gasteiger partial charge in [-0.15, -0.1) is 10.2 Å². The SMILES string of the molecule is CCCCCC(=O)Nc1cccc(CO/N=C(\C2CCCCC2)n2nnnc2C)n1.Cc1nnnn1/C(=N/OCc1cccc(N)n1)C1CCCCC1. The number of hydrogen-bond acceptors (Lipinski definition) is 14. The number of nitrogens with zero attached hydrogens (tertiary/aromatic N) is 12.